The molecule has 1 aliphatic carbocycles. The summed E-state index contributed by atoms with van der Waals surface area (Å²) in [4.78, 5) is 44.3. The van der Waals surface area contributed by atoms with Crippen LogP contribution < -0.4 is 5.32 Å². The molecule has 0 spiro atoms. The van der Waals surface area contributed by atoms with Gasteiger partial charge in [0.05, 0.1) is 22.5 Å². The third kappa shape index (κ3) is 3.31. The summed E-state index contributed by atoms with van der Waals surface area (Å²) < 4.78 is 4.55. The summed E-state index contributed by atoms with van der Waals surface area (Å²) in [7, 11) is 0. The predicted octanol–water partition coefficient (Wildman–Crippen LogP) is 1.88. The van der Waals surface area contributed by atoms with E-state index in [0.29, 0.717) is 36.8 Å². The smallest absolute Gasteiger partial charge is 0.397 e. The number of benzene rings is 1. The second-order valence-corrected chi connectivity index (χ2v) is 5.14. The molecule has 1 amide bonds. The summed E-state index contributed by atoms with van der Waals surface area (Å²) in [6, 6.07) is 0.824. The van der Waals surface area contributed by atoms with E-state index in [1.807, 2.05) is 0 Å². The topological polar surface area (TPSA) is 142 Å². The zero-order valence-corrected chi connectivity index (χ0v) is 12.9. The zero-order valence-electron chi connectivity index (χ0n) is 12.9. The lowest BCUT2D eigenvalue weighted by Crippen LogP contribution is -2.26. The molecule has 0 aliphatic heterocycles. The highest BCUT2D eigenvalue weighted by molar-refractivity contribution is 6.37. The van der Waals surface area contributed by atoms with Gasteiger partial charge in [0, 0.05) is 5.56 Å². The number of nitro groups is 2. The monoisotopic (exact) mass is 337 g/mol. The number of hydrogen-bond acceptors (Lipinski definition) is 7. The van der Waals surface area contributed by atoms with Crippen LogP contribution in [0, 0.1) is 20.2 Å². The molecular weight excluding hydrogens is 322 g/mol. The average Bonchev–Trinajstić information content (AvgIpc) is 2.54. The average molecular weight is 337 g/mol. The summed E-state index contributed by atoms with van der Waals surface area (Å²) in [6.45, 7) is 1.49. The van der Waals surface area contributed by atoms with Crippen molar-refractivity contribution in [1.82, 2.24) is 0 Å². The van der Waals surface area contributed by atoms with Crippen LogP contribution in [0.2, 0.25) is 0 Å². The number of fused-ring (bicyclic) bond motifs is 1. The molecule has 0 atom stereocenters. The van der Waals surface area contributed by atoms with E-state index in [2.05, 4.69) is 10.1 Å². The van der Waals surface area contributed by atoms with Crippen LogP contribution in [0.25, 0.3) is 0 Å². The van der Waals surface area contributed by atoms with Crippen molar-refractivity contribution in [3.63, 3.8) is 0 Å². The fraction of sp³-hybridized carbons (Fsp3) is 0.429. The van der Waals surface area contributed by atoms with Gasteiger partial charge < -0.3 is 10.1 Å². The first-order valence-corrected chi connectivity index (χ1v) is 7.32. The second-order valence-electron chi connectivity index (χ2n) is 5.14. The molecular formula is C14H15N3O7. The number of carbonyl (C=O) groups is 2. The Hall–Kier alpha value is -3.04. The maximum absolute atomic E-state index is 11.8. The SMILES string of the molecule is CCOC(=O)C(=O)Nc1c([N+](=O)[O-])cc([N+](=O)[O-])c2c1CCCC2. The first-order valence-electron chi connectivity index (χ1n) is 7.32. The molecule has 0 radical (unpaired) electrons. The lowest BCUT2D eigenvalue weighted by Gasteiger charge is -2.19. The van der Waals surface area contributed by atoms with Crippen LogP contribution in [-0.2, 0) is 27.2 Å². The molecule has 0 fully saturated rings. The van der Waals surface area contributed by atoms with Crippen molar-refractivity contribution in [2.75, 3.05) is 11.9 Å². The van der Waals surface area contributed by atoms with Gasteiger partial charge in [-0.05, 0) is 38.2 Å². The minimum Gasteiger partial charge on any atom is -0.459 e. The molecule has 0 saturated carbocycles. The fourth-order valence-corrected chi connectivity index (χ4v) is 2.71. The number of nitrogens with zero attached hydrogens (tertiary/aromatic N) is 2. The molecule has 10 heteroatoms. The molecule has 1 aliphatic rings. The predicted molar refractivity (Wildman–Crippen MR) is 81.7 cm³/mol. The summed E-state index contributed by atoms with van der Waals surface area (Å²) >= 11 is 0. The van der Waals surface area contributed by atoms with Crippen molar-refractivity contribution in [2.45, 2.75) is 32.6 Å². The van der Waals surface area contributed by atoms with Crippen molar-refractivity contribution < 1.29 is 24.2 Å². The van der Waals surface area contributed by atoms with Gasteiger partial charge in [-0.3, -0.25) is 25.0 Å². The molecule has 0 heterocycles. The van der Waals surface area contributed by atoms with Crippen LogP contribution in [-0.4, -0.2) is 28.3 Å². The third-order valence-electron chi connectivity index (χ3n) is 3.70. The first-order chi connectivity index (χ1) is 11.4. The number of carbonyl (C=O) groups excluding carboxylic acids is 2. The Labute approximate surface area is 136 Å². The van der Waals surface area contributed by atoms with E-state index < -0.39 is 27.4 Å². The van der Waals surface area contributed by atoms with Crippen LogP contribution in [0.15, 0.2) is 6.07 Å². The maximum atomic E-state index is 11.8. The van der Waals surface area contributed by atoms with Crippen molar-refractivity contribution >= 4 is 28.9 Å². The van der Waals surface area contributed by atoms with Gasteiger partial charge in [-0.2, -0.15) is 0 Å². The number of rotatable bonds is 4. The van der Waals surface area contributed by atoms with E-state index in [0.717, 1.165) is 6.07 Å². The van der Waals surface area contributed by atoms with Gasteiger partial charge in [0.25, 0.3) is 11.4 Å². The van der Waals surface area contributed by atoms with Crippen molar-refractivity contribution in [2.24, 2.45) is 0 Å². The highest BCUT2D eigenvalue weighted by atomic mass is 16.6. The van der Waals surface area contributed by atoms with E-state index in [1.165, 1.54) is 6.92 Å². The van der Waals surface area contributed by atoms with Crippen LogP contribution in [0.4, 0.5) is 17.1 Å². The van der Waals surface area contributed by atoms with Gasteiger partial charge in [0.1, 0.15) is 5.69 Å². The number of esters is 1. The summed E-state index contributed by atoms with van der Waals surface area (Å²) in [5.41, 5.74) is -0.431. The first kappa shape index (κ1) is 17.3. The Morgan fingerprint density at radius 2 is 1.71 bits per heavy atom. The number of ether oxygens (including phenoxy) is 1. The Balaban J connectivity index is 2.56. The standard InChI is InChI=1S/C14H15N3O7/c1-2-24-14(19)13(18)15-12-9-6-4-3-5-8(9)10(16(20)21)7-11(12)17(22)23/h7H,2-6H2,1H3,(H,15,18). The number of anilines is 1. The highest BCUT2D eigenvalue weighted by Crippen LogP contribution is 2.41. The largest absolute Gasteiger partial charge is 0.459 e. The summed E-state index contributed by atoms with van der Waals surface area (Å²) in [6.07, 6.45) is 2.10. The van der Waals surface area contributed by atoms with Crippen LogP contribution in [0.3, 0.4) is 0 Å². The van der Waals surface area contributed by atoms with Gasteiger partial charge >= 0.3 is 11.9 Å². The molecule has 0 unspecified atom stereocenters. The van der Waals surface area contributed by atoms with Gasteiger partial charge in [-0.15, -0.1) is 0 Å². The number of hydrogen-bond donors (Lipinski definition) is 1. The Kier molecular flexibility index (Phi) is 5.07. The zero-order chi connectivity index (χ0) is 17.9. The van der Waals surface area contributed by atoms with Gasteiger partial charge in [-0.1, -0.05) is 0 Å². The summed E-state index contributed by atoms with van der Waals surface area (Å²) in [5, 5.41) is 24.7. The normalized spacial score (nSPS) is 12.9. The number of nitrogens with one attached hydrogen (secondary N) is 1. The van der Waals surface area contributed by atoms with E-state index in [-0.39, 0.29) is 18.0 Å². The molecule has 1 N–H and O–H groups in total. The van der Waals surface area contributed by atoms with Crippen molar-refractivity contribution in [3.05, 3.63) is 37.4 Å². The third-order valence-corrected chi connectivity index (χ3v) is 3.70. The maximum Gasteiger partial charge on any atom is 0.397 e. The van der Waals surface area contributed by atoms with E-state index in [9.17, 15) is 29.8 Å². The van der Waals surface area contributed by atoms with Crippen molar-refractivity contribution in [1.29, 1.82) is 0 Å². The van der Waals surface area contributed by atoms with Crippen molar-refractivity contribution in [3.8, 4) is 0 Å². The fourth-order valence-electron chi connectivity index (χ4n) is 2.71. The molecule has 0 saturated heterocycles. The van der Waals surface area contributed by atoms with Gasteiger partial charge in [0.2, 0.25) is 0 Å². The number of nitro benzene ring substituents is 2. The van der Waals surface area contributed by atoms with E-state index in [1.54, 1.807) is 0 Å². The number of amides is 1. The van der Waals surface area contributed by atoms with Crippen LogP contribution >= 0.6 is 0 Å². The molecule has 0 bridgehead atoms. The minimum absolute atomic E-state index is 0.0211. The molecule has 1 aromatic carbocycles. The van der Waals surface area contributed by atoms with Crippen LogP contribution in [0.1, 0.15) is 30.9 Å². The minimum atomic E-state index is -1.17. The van der Waals surface area contributed by atoms with Gasteiger partial charge in [-0.25, -0.2) is 4.79 Å². The Bertz CT molecular complexity index is 730. The Morgan fingerprint density at radius 3 is 2.25 bits per heavy atom. The van der Waals surface area contributed by atoms with E-state index in [4.69, 9.17) is 0 Å². The molecule has 10 nitrogen and oxygen atoms in total. The van der Waals surface area contributed by atoms with Crippen LogP contribution in [0.5, 0.6) is 0 Å². The lowest BCUT2D eigenvalue weighted by molar-refractivity contribution is -0.394. The van der Waals surface area contributed by atoms with E-state index >= 15 is 0 Å². The van der Waals surface area contributed by atoms with Gasteiger partial charge in [0.15, 0.2) is 0 Å². The molecule has 2 rings (SSSR count). The quantitative estimate of drug-likeness (QED) is 0.382. The highest BCUT2D eigenvalue weighted by Gasteiger charge is 2.32. The lowest BCUT2D eigenvalue weighted by atomic mass is 9.88. The molecule has 1 aromatic rings. The second kappa shape index (κ2) is 7.02. The Morgan fingerprint density at radius 1 is 1.12 bits per heavy atom. The molecule has 0 aromatic heterocycles. The molecule has 128 valence electrons. The summed E-state index contributed by atoms with van der Waals surface area (Å²) in [5.74, 6) is -2.32. The molecule has 24 heavy (non-hydrogen) atoms.